The monoisotopic (exact) mass is 706 g/mol. The quantitative estimate of drug-likeness (QED) is 0.238. The number of rotatable bonds is 4. The second kappa shape index (κ2) is 11.6. The summed E-state index contributed by atoms with van der Waals surface area (Å²) >= 11 is -3.14. The van der Waals surface area contributed by atoms with Crippen LogP contribution in [0.3, 0.4) is 0 Å². The van der Waals surface area contributed by atoms with E-state index >= 15 is 0 Å². The molecule has 0 bridgehead atoms. The van der Waals surface area contributed by atoms with Gasteiger partial charge in [0.2, 0.25) is 0 Å². The molecule has 0 N–H and O–H groups in total. The van der Waals surface area contributed by atoms with Crippen LogP contribution >= 0.6 is 0 Å². The zero-order valence-corrected chi connectivity index (χ0v) is 30.7. The first-order valence-electron chi connectivity index (χ1n) is 15.5. The molecule has 2 aromatic heterocycles. The van der Waals surface area contributed by atoms with Crippen molar-refractivity contribution in [1.29, 1.82) is 0 Å². The third kappa shape index (κ3) is 4.38. The minimum Gasteiger partial charge on any atom is -1.00 e. The number of hydrogen-bond donors (Lipinski definition) is 0. The van der Waals surface area contributed by atoms with E-state index in [4.69, 9.17) is 0 Å². The minimum atomic E-state index is -3.14. The average molecular weight is 709 g/mol. The van der Waals surface area contributed by atoms with Crippen molar-refractivity contribution < 1.29 is 45.1 Å². The van der Waals surface area contributed by atoms with E-state index in [-0.39, 0.29) is 24.8 Å². The Bertz CT molecular complexity index is 2000. The molecule has 2 atom stereocenters. The Hall–Kier alpha value is -3.10. The molecule has 2 unspecified atom stereocenters. The van der Waals surface area contributed by atoms with Gasteiger partial charge in [-0.2, -0.15) is 0 Å². The van der Waals surface area contributed by atoms with Crippen LogP contribution in [0.25, 0.3) is 44.3 Å². The van der Waals surface area contributed by atoms with Crippen molar-refractivity contribution >= 4 is 33.0 Å². The molecule has 6 aromatic rings. The molecule has 45 heavy (non-hydrogen) atoms. The molecule has 2 aliphatic rings. The molecule has 0 spiro atoms. The second-order valence-electron chi connectivity index (χ2n) is 13.2. The summed E-state index contributed by atoms with van der Waals surface area (Å²) in [5.74, 6) is 0. The topological polar surface area (TPSA) is 9.86 Å². The molecule has 8 rings (SSSR count). The fourth-order valence-corrected chi connectivity index (χ4v) is 21.3. The van der Waals surface area contributed by atoms with Crippen LogP contribution in [-0.4, -0.2) is 9.13 Å². The van der Waals surface area contributed by atoms with Crippen molar-refractivity contribution in [2.24, 2.45) is 0 Å². The van der Waals surface area contributed by atoms with Gasteiger partial charge in [0, 0.05) is 0 Å². The number of halogens is 2. The van der Waals surface area contributed by atoms with E-state index in [1.807, 2.05) is 0 Å². The van der Waals surface area contributed by atoms with Gasteiger partial charge in [0.25, 0.3) is 0 Å². The predicted octanol–water partition coefficient (Wildman–Crippen LogP) is 5.23. The van der Waals surface area contributed by atoms with Gasteiger partial charge in [0.1, 0.15) is 0 Å². The van der Waals surface area contributed by atoms with Gasteiger partial charge in [0.15, 0.2) is 0 Å². The first-order chi connectivity index (χ1) is 20.8. The van der Waals surface area contributed by atoms with Gasteiger partial charge in [0.05, 0.1) is 0 Å². The fraction of sp³-hybridized carbons (Fsp3) is 0.200. The maximum Gasteiger partial charge on any atom is -1.00 e. The molecule has 0 saturated heterocycles. The zero-order valence-electron chi connectivity index (χ0n) is 26.7. The van der Waals surface area contributed by atoms with E-state index in [1.54, 1.807) is 22.3 Å². The summed E-state index contributed by atoms with van der Waals surface area (Å²) in [5.41, 5.74) is 17.3. The smallest absolute Gasteiger partial charge is 1.00 e. The molecular weight excluding hydrogens is 671 g/mol. The van der Waals surface area contributed by atoms with Gasteiger partial charge in [-0.1, -0.05) is 0 Å². The van der Waals surface area contributed by atoms with Crippen LogP contribution in [0.15, 0.2) is 120 Å². The Morgan fingerprint density at radius 1 is 0.467 bits per heavy atom. The van der Waals surface area contributed by atoms with Crippen LogP contribution in [0, 0.1) is 0 Å². The van der Waals surface area contributed by atoms with Crippen LogP contribution < -0.4 is 24.8 Å². The van der Waals surface area contributed by atoms with Crippen molar-refractivity contribution in [3.8, 4) is 11.4 Å². The minimum absolute atomic E-state index is 0. The van der Waals surface area contributed by atoms with Crippen LogP contribution in [0.4, 0.5) is 0 Å². The van der Waals surface area contributed by atoms with Gasteiger partial charge < -0.3 is 24.8 Å². The van der Waals surface area contributed by atoms with Crippen molar-refractivity contribution in [2.45, 2.75) is 44.2 Å². The fourth-order valence-electron chi connectivity index (χ4n) is 8.81. The molecule has 0 saturated carbocycles. The number of hydrogen-bond acceptors (Lipinski definition) is 0. The zero-order chi connectivity index (χ0) is 29.6. The average Bonchev–Trinajstić information content (AvgIpc) is 3.70. The first kappa shape index (κ1) is 31.9. The maximum absolute atomic E-state index is 3.14. The number of benzene rings is 4. The molecule has 2 nitrogen and oxygen atoms in total. The Balaban J connectivity index is 0.00000179. The molecule has 2 aliphatic carbocycles. The molecule has 2 heterocycles. The summed E-state index contributed by atoms with van der Waals surface area (Å²) < 4.78 is 11.6. The largest absolute Gasteiger partial charge is 1.00 e. The van der Waals surface area contributed by atoms with Gasteiger partial charge in [-0.05, 0) is 0 Å². The van der Waals surface area contributed by atoms with Gasteiger partial charge in [-0.15, -0.1) is 0 Å². The van der Waals surface area contributed by atoms with Crippen LogP contribution in [0.5, 0.6) is 0 Å². The van der Waals surface area contributed by atoms with Crippen molar-refractivity contribution in [1.82, 2.24) is 9.13 Å². The molecular formula is C40H38Cl2N2Zr-2. The predicted molar refractivity (Wildman–Crippen MR) is 180 cm³/mol. The Morgan fingerprint density at radius 2 is 0.800 bits per heavy atom. The van der Waals surface area contributed by atoms with Gasteiger partial charge >= 0.3 is 261 Å². The van der Waals surface area contributed by atoms with Crippen LogP contribution in [0.2, 0.25) is 9.26 Å². The summed E-state index contributed by atoms with van der Waals surface area (Å²) in [6.07, 6.45) is 0. The van der Waals surface area contributed by atoms with E-state index < -0.39 is 20.3 Å². The number of nitrogens with zero attached hydrogens (tertiary/aromatic N) is 2. The Kier molecular flexibility index (Phi) is 8.22. The Labute approximate surface area is 283 Å². The summed E-state index contributed by atoms with van der Waals surface area (Å²) in [7, 11) is 0. The summed E-state index contributed by atoms with van der Waals surface area (Å²) in [5, 5.41) is 2.85. The van der Waals surface area contributed by atoms with E-state index in [9.17, 15) is 0 Å². The standard InChI is InChI=1S/2C19H16N.2CH3.2ClH.Zr/c2*1-13-12-17-16-10-6-7-11-18(16)20(19(17)14(13)2)15-8-4-3-5-9-15;;;;;/h2*3-12H,1-2H3;2*1H3;2*1H;/p-2. The third-order valence-electron chi connectivity index (χ3n) is 10.7. The van der Waals surface area contributed by atoms with Crippen LogP contribution in [0.1, 0.15) is 57.5 Å². The van der Waals surface area contributed by atoms with Crippen LogP contribution in [-0.2, 0) is 20.3 Å². The maximum atomic E-state index is 2.74. The van der Waals surface area contributed by atoms with Crippen molar-refractivity contribution in [2.75, 3.05) is 0 Å². The first-order valence-corrected chi connectivity index (χ1v) is 23.3. The number of fused-ring (bicyclic) bond motifs is 6. The molecule has 0 radical (unpaired) electrons. The molecule has 5 heteroatoms. The van der Waals surface area contributed by atoms with E-state index in [0.29, 0.717) is 7.25 Å². The number of allylic oxidation sites excluding steroid dienone is 4. The van der Waals surface area contributed by atoms with E-state index in [0.717, 1.165) is 0 Å². The molecule has 0 aliphatic heterocycles. The van der Waals surface area contributed by atoms with E-state index in [2.05, 4.69) is 155 Å². The SMILES string of the molecule is CC1=C(C)[CH]([Zr]([CH3])([CH3])[CH]2C(C)=C(C)c3c2c2ccccc2n3-c2ccccc2)c2c1n(-c1ccccc1)c1ccccc21.[Cl-].[Cl-]. The molecule has 4 aromatic carbocycles. The number of para-hydroxylation sites is 4. The van der Waals surface area contributed by atoms with Crippen molar-refractivity contribution in [3.05, 3.63) is 143 Å². The third-order valence-corrected chi connectivity index (χ3v) is 21.5. The summed E-state index contributed by atoms with van der Waals surface area (Å²) in [4.78, 5) is 0. The molecule has 0 fully saturated rings. The van der Waals surface area contributed by atoms with E-state index in [1.165, 1.54) is 55.7 Å². The van der Waals surface area contributed by atoms with Gasteiger partial charge in [-0.25, -0.2) is 0 Å². The number of aromatic nitrogens is 2. The van der Waals surface area contributed by atoms with Gasteiger partial charge in [-0.3, -0.25) is 0 Å². The molecule has 0 amide bonds. The molecule has 228 valence electrons. The van der Waals surface area contributed by atoms with Crippen molar-refractivity contribution in [3.63, 3.8) is 0 Å². The normalized spacial score (nSPS) is 17.5. The second-order valence-corrected chi connectivity index (χ2v) is 25.0. The summed E-state index contributed by atoms with van der Waals surface area (Å²) in [6.45, 7) is 9.64. The summed E-state index contributed by atoms with van der Waals surface area (Å²) in [6, 6.07) is 40.2. The Morgan fingerprint density at radius 3 is 1.18 bits per heavy atom.